The summed E-state index contributed by atoms with van der Waals surface area (Å²) < 4.78 is 39.6. The van der Waals surface area contributed by atoms with E-state index in [0.717, 1.165) is 5.56 Å². The molecule has 0 fully saturated rings. The number of hydrogen-bond donors (Lipinski definition) is 1. The van der Waals surface area contributed by atoms with Crippen LogP contribution in [0.5, 0.6) is 11.5 Å². The molecule has 33 heavy (non-hydrogen) atoms. The molecule has 0 bridgehead atoms. The summed E-state index contributed by atoms with van der Waals surface area (Å²) in [7, 11) is -4.03. The number of rotatable bonds is 5. The minimum absolute atomic E-state index is 0.0160. The first-order valence-electron chi connectivity index (χ1n) is 9.86. The van der Waals surface area contributed by atoms with Gasteiger partial charge in [0.15, 0.2) is 17.1 Å². The number of imidazole rings is 1. The van der Waals surface area contributed by atoms with Gasteiger partial charge in [0.1, 0.15) is 17.0 Å². The van der Waals surface area contributed by atoms with Crippen molar-refractivity contribution in [1.82, 2.24) is 19.3 Å². The Hall–Kier alpha value is -3.63. The van der Waals surface area contributed by atoms with Crippen LogP contribution in [0.4, 0.5) is 0 Å². The molecular formula is C22H17ClN4O5S. The zero-order valence-corrected chi connectivity index (χ0v) is 18.9. The fourth-order valence-electron chi connectivity index (χ4n) is 3.51. The molecular weight excluding hydrogens is 468 g/mol. The number of fused-ring (bicyclic) bond motifs is 2. The van der Waals surface area contributed by atoms with Crippen LogP contribution >= 0.6 is 11.6 Å². The lowest BCUT2D eigenvalue weighted by Crippen LogP contribution is -2.31. The van der Waals surface area contributed by atoms with Gasteiger partial charge in [-0.25, -0.2) is 23.1 Å². The normalized spacial score (nSPS) is 12.8. The quantitative estimate of drug-likeness (QED) is 0.462. The summed E-state index contributed by atoms with van der Waals surface area (Å²) in [6.07, 6.45) is 0. The maximum atomic E-state index is 12.7. The van der Waals surface area contributed by atoms with Crippen LogP contribution in [-0.2, 0) is 16.6 Å². The maximum Gasteiger partial charge on any atom is 0.283 e. The highest BCUT2D eigenvalue weighted by Gasteiger charge is 2.22. The Labute approximate surface area is 194 Å². The molecule has 0 saturated carbocycles. The van der Waals surface area contributed by atoms with Gasteiger partial charge in [-0.1, -0.05) is 29.8 Å². The van der Waals surface area contributed by atoms with Crippen LogP contribution in [0.25, 0.3) is 11.2 Å². The van der Waals surface area contributed by atoms with E-state index in [1.165, 1.54) is 18.2 Å². The Kier molecular flexibility index (Phi) is 5.18. The van der Waals surface area contributed by atoms with Crippen LogP contribution in [0.15, 0.2) is 59.5 Å². The molecule has 1 amide bonds. The monoisotopic (exact) mass is 484 g/mol. The number of hydrogen-bond acceptors (Lipinski definition) is 7. The van der Waals surface area contributed by atoms with Crippen molar-refractivity contribution in [3.05, 3.63) is 76.7 Å². The van der Waals surface area contributed by atoms with E-state index >= 15 is 0 Å². The van der Waals surface area contributed by atoms with Crippen molar-refractivity contribution >= 4 is 38.7 Å². The number of sulfonamides is 1. The summed E-state index contributed by atoms with van der Waals surface area (Å²) in [6, 6.07) is 14.2. The molecule has 1 aliphatic heterocycles. The number of carbonyl (C=O) groups excluding carboxylic acids is 1. The molecule has 0 saturated heterocycles. The molecule has 9 nitrogen and oxygen atoms in total. The first-order chi connectivity index (χ1) is 15.8. The third kappa shape index (κ3) is 3.98. The van der Waals surface area contributed by atoms with Crippen LogP contribution < -0.4 is 14.2 Å². The van der Waals surface area contributed by atoms with Gasteiger partial charge in [0.2, 0.25) is 6.79 Å². The third-order valence-electron chi connectivity index (χ3n) is 5.17. The van der Waals surface area contributed by atoms with Gasteiger partial charge in [-0.15, -0.1) is 0 Å². The van der Waals surface area contributed by atoms with Crippen LogP contribution in [0.2, 0.25) is 5.02 Å². The lowest BCUT2D eigenvalue weighted by atomic mass is 10.2. The number of amides is 1. The van der Waals surface area contributed by atoms with Crippen LogP contribution in [0.1, 0.15) is 21.9 Å². The van der Waals surface area contributed by atoms with Gasteiger partial charge in [0.25, 0.3) is 15.9 Å². The first-order valence-corrected chi connectivity index (χ1v) is 11.7. The second-order valence-electron chi connectivity index (χ2n) is 7.33. The highest BCUT2D eigenvalue weighted by Crippen LogP contribution is 2.37. The SMILES string of the molecule is Cc1nc2ccc(C(=O)NS(=O)(=O)c3ccccc3)nc2n1Cc1cc2c(cc1Cl)OCO2. The van der Waals surface area contributed by atoms with Gasteiger partial charge in [0, 0.05) is 11.1 Å². The minimum Gasteiger partial charge on any atom is -0.454 e. The average Bonchev–Trinajstić information content (AvgIpc) is 3.37. The topological polar surface area (TPSA) is 112 Å². The van der Waals surface area contributed by atoms with Gasteiger partial charge in [-0.3, -0.25) is 4.79 Å². The molecule has 0 spiro atoms. The lowest BCUT2D eigenvalue weighted by molar-refractivity contribution is 0.0977. The molecule has 2 aromatic carbocycles. The van der Waals surface area contributed by atoms with E-state index < -0.39 is 15.9 Å². The van der Waals surface area contributed by atoms with Crippen molar-refractivity contribution in [3.8, 4) is 11.5 Å². The summed E-state index contributed by atoms with van der Waals surface area (Å²) in [6.45, 7) is 2.26. The molecule has 4 aromatic rings. The summed E-state index contributed by atoms with van der Waals surface area (Å²) >= 11 is 6.42. The second-order valence-corrected chi connectivity index (χ2v) is 9.42. The van der Waals surface area contributed by atoms with Crippen LogP contribution in [0.3, 0.4) is 0 Å². The minimum atomic E-state index is -4.03. The Morgan fingerprint density at radius 2 is 1.82 bits per heavy atom. The number of carbonyl (C=O) groups is 1. The van der Waals surface area contributed by atoms with E-state index in [1.54, 1.807) is 41.0 Å². The highest BCUT2D eigenvalue weighted by atomic mass is 35.5. The molecule has 0 atom stereocenters. The number of aromatic nitrogens is 3. The smallest absolute Gasteiger partial charge is 0.283 e. The van der Waals surface area contributed by atoms with Crippen LogP contribution in [-0.4, -0.2) is 35.7 Å². The number of pyridine rings is 1. The number of ether oxygens (including phenoxy) is 2. The Morgan fingerprint density at radius 1 is 1.09 bits per heavy atom. The largest absolute Gasteiger partial charge is 0.454 e. The van der Waals surface area contributed by atoms with Crippen molar-refractivity contribution in [2.75, 3.05) is 6.79 Å². The molecule has 5 rings (SSSR count). The zero-order chi connectivity index (χ0) is 23.2. The number of nitrogens with one attached hydrogen (secondary N) is 1. The summed E-state index contributed by atoms with van der Waals surface area (Å²) in [5.41, 5.74) is 1.68. The van der Waals surface area contributed by atoms with E-state index in [4.69, 9.17) is 21.1 Å². The average molecular weight is 485 g/mol. The maximum absolute atomic E-state index is 12.7. The fourth-order valence-corrected chi connectivity index (χ4v) is 4.71. The van der Waals surface area contributed by atoms with E-state index in [9.17, 15) is 13.2 Å². The van der Waals surface area contributed by atoms with Gasteiger partial charge >= 0.3 is 0 Å². The first kappa shape index (κ1) is 21.2. The summed E-state index contributed by atoms with van der Waals surface area (Å²) in [4.78, 5) is 21.6. The van der Waals surface area contributed by atoms with E-state index in [-0.39, 0.29) is 17.4 Å². The second kappa shape index (κ2) is 8.05. The van der Waals surface area contributed by atoms with E-state index in [0.29, 0.717) is 40.1 Å². The predicted octanol–water partition coefficient (Wildman–Crippen LogP) is 3.29. The number of benzene rings is 2. The van der Waals surface area contributed by atoms with Crippen LogP contribution in [0, 0.1) is 6.92 Å². The standard InChI is InChI=1S/C22H17ClN4O5S/c1-13-24-17-7-8-18(22(28)26-33(29,30)15-5-3-2-4-6-15)25-21(17)27(13)11-14-9-19-20(10-16(14)23)32-12-31-19/h2-10H,11-12H2,1H3,(H,26,28). The summed E-state index contributed by atoms with van der Waals surface area (Å²) in [5, 5.41) is 0.489. The third-order valence-corrected chi connectivity index (χ3v) is 6.87. The molecule has 0 radical (unpaired) electrons. The van der Waals surface area contributed by atoms with Crippen molar-refractivity contribution in [2.24, 2.45) is 0 Å². The molecule has 1 N–H and O–H groups in total. The number of aryl methyl sites for hydroxylation is 1. The Balaban J connectivity index is 1.47. The fraction of sp³-hybridized carbons (Fsp3) is 0.136. The van der Waals surface area contributed by atoms with E-state index in [1.807, 2.05) is 6.92 Å². The Morgan fingerprint density at radius 3 is 2.58 bits per heavy atom. The predicted molar refractivity (Wildman–Crippen MR) is 120 cm³/mol. The van der Waals surface area contributed by atoms with Gasteiger partial charge < -0.3 is 14.0 Å². The van der Waals surface area contributed by atoms with Crippen molar-refractivity contribution < 1.29 is 22.7 Å². The molecule has 1 aliphatic rings. The highest BCUT2D eigenvalue weighted by molar-refractivity contribution is 7.90. The van der Waals surface area contributed by atoms with Crippen molar-refractivity contribution in [3.63, 3.8) is 0 Å². The molecule has 11 heteroatoms. The molecule has 0 aliphatic carbocycles. The zero-order valence-electron chi connectivity index (χ0n) is 17.3. The summed E-state index contributed by atoms with van der Waals surface area (Å²) in [5.74, 6) is 0.983. The molecule has 168 valence electrons. The Bertz CT molecular complexity index is 1500. The number of nitrogens with zero attached hydrogens (tertiary/aromatic N) is 3. The number of halogens is 1. The van der Waals surface area contributed by atoms with Gasteiger partial charge in [0.05, 0.1) is 11.4 Å². The van der Waals surface area contributed by atoms with Gasteiger partial charge in [-0.2, -0.15) is 0 Å². The van der Waals surface area contributed by atoms with Crippen molar-refractivity contribution in [2.45, 2.75) is 18.4 Å². The molecule has 2 aromatic heterocycles. The van der Waals surface area contributed by atoms with Gasteiger partial charge in [-0.05, 0) is 42.8 Å². The lowest BCUT2D eigenvalue weighted by Gasteiger charge is -2.10. The van der Waals surface area contributed by atoms with E-state index in [2.05, 4.69) is 14.7 Å². The molecule has 0 unspecified atom stereocenters. The van der Waals surface area contributed by atoms with Crippen molar-refractivity contribution in [1.29, 1.82) is 0 Å². The molecule has 3 heterocycles.